The molecule has 0 saturated heterocycles. The van der Waals surface area contributed by atoms with E-state index < -0.39 is 0 Å². The maximum atomic E-state index is 6.56. The van der Waals surface area contributed by atoms with E-state index in [0.29, 0.717) is 15.8 Å². The molecule has 0 fully saturated rings. The number of rotatable bonds is 2. The number of hydrogen-bond donors (Lipinski definition) is 0. The second-order valence-electron chi connectivity index (χ2n) is 8.04. The number of halogens is 3. The third-order valence-corrected chi connectivity index (χ3v) is 7.07. The maximum absolute atomic E-state index is 6.56. The van der Waals surface area contributed by atoms with E-state index in [1.807, 2.05) is 35.3 Å². The Labute approximate surface area is 204 Å². The highest BCUT2D eigenvalue weighted by Crippen LogP contribution is 2.50. The lowest BCUT2D eigenvalue weighted by molar-refractivity contribution is -0.0189. The molecule has 3 nitrogen and oxygen atoms in total. The first-order valence-corrected chi connectivity index (χ1v) is 11.9. The summed E-state index contributed by atoms with van der Waals surface area (Å²) < 4.78 is 7.44. The molecule has 0 aliphatic carbocycles. The molecular weight excluding hydrogens is 507 g/mol. The molecule has 0 saturated carbocycles. The molecule has 0 amide bonds. The van der Waals surface area contributed by atoms with Gasteiger partial charge in [0.15, 0.2) is 0 Å². The molecule has 0 spiro atoms. The highest BCUT2D eigenvalue weighted by molar-refractivity contribution is 9.10. The van der Waals surface area contributed by atoms with Crippen LogP contribution in [0.3, 0.4) is 0 Å². The Morgan fingerprint density at radius 1 is 0.906 bits per heavy atom. The molecular formula is C26H17BrCl2N2O. The van der Waals surface area contributed by atoms with E-state index in [9.17, 15) is 0 Å². The van der Waals surface area contributed by atoms with E-state index >= 15 is 0 Å². The van der Waals surface area contributed by atoms with Crippen LogP contribution < -0.4 is 4.74 Å². The van der Waals surface area contributed by atoms with E-state index in [1.54, 1.807) is 6.07 Å². The first-order chi connectivity index (χ1) is 15.6. The smallest absolute Gasteiger partial charge is 0.213 e. The number of benzene rings is 4. The average molecular weight is 524 g/mol. The second-order valence-corrected chi connectivity index (χ2v) is 9.80. The highest BCUT2D eigenvalue weighted by atomic mass is 79.9. The van der Waals surface area contributed by atoms with Crippen LogP contribution in [-0.2, 0) is 0 Å². The van der Waals surface area contributed by atoms with Crippen LogP contribution in [0, 0.1) is 0 Å². The Kier molecular flexibility index (Phi) is 4.90. The lowest BCUT2D eigenvalue weighted by Gasteiger charge is -2.38. The van der Waals surface area contributed by atoms with Crippen LogP contribution in [0.1, 0.15) is 35.4 Å². The molecule has 6 rings (SSSR count). The Hall–Kier alpha value is -2.53. The van der Waals surface area contributed by atoms with Crippen molar-refractivity contribution in [2.24, 2.45) is 5.10 Å². The Balaban J connectivity index is 1.47. The molecule has 2 heterocycles. The quantitative estimate of drug-likeness (QED) is 0.265. The van der Waals surface area contributed by atoms with E-state index in [0.717, 1.165) is 33.3 Å². The van der Waals surface area contributed by atoms with Gasteiger partial charge in [0, 0.05) is 27.0 Å². The predicted octanol–water partition coefficient (Wildman–Crippen LogP) is 8.15. The summed E-state index contributed by atoms with van der Waals surface area (Å²) in [6.45, 7) is 0. The molecule has 0 bridgehead atoms. The minimum atomic E-state index is -0.378. The fourth-order valence-electron chi connectivity index (χ4n) is 4.51. The molecule has 0 N–H and O–H groups in total. The fourth-order valence-corrected chi connectivity index (χ4v) is 5.32. The minimum Gasteiger partial charge on any atom is -0.463 e. The van der Waals surface area contributed by atoms with Crippen LogP contribution in [0.25, 0.3) is 10.8 Å². The van der Waals surface area contributed by atoms with Gasteiger partial charge >= 0.3 is 0 Å². The molecule has 158 valence electrons. The first-order valence-electron chi connectivity index (χ1n) is 10.3. The topological polar surface area (TPSA) is 24.8 Å². The largest absolute Gasteiger partial charge is 0.463 e. The first kappa shape index (κ1) is 20.1. The van der Waals surface area contributed by atoms with Gasteiger partial charge in [-0.15, -0.1) is 0 Å². The summed E-state index contributed by atoms with van der Waals surface area (Å²) in [6, 6.07) is 26.6. The zero-order chi connectivity index (χ0) is 21.8. The molecule has 2 atom stereocenters. The summed E-state index contributed by atoms with van der Waals surface area (Å²) in [5.41, 5.74) is 4.12. The molecule has 0 radical (unpaired) electrons. The van der Waals surface area contributed by atoms with E-state index in [-0.39, 0.29) is 12.3 Å². The lowest BCUT2D eigenvalue weighted by Crippen LogP contribution is -2.33. The molecule has 4 aromatic carbocycles. The van der Waals surface area contributed by atoms with Gasteiger partial charge in [-0.3, -0.25) is 0 Å². The van der Waals surface area contributed by atoms with Gasteiger partial charge < -0.3 is 4.74 Å². The molecule has 2 unspecified atom stereocenters. The summed E-state index contributed by atoms with van der Waals surface area (Å²) in [4.78, 5) is 0. The number of ether oxygens (including phenoxy) is 1. The summed E-state index contributed by atoms with van der Waals surface area (Å²) >= 11 is 16.4. The van der Waals surface area contributed by atoms with Gasteiger partial charge in [0.1, 0.15) is 5.75 Å². The fraction of sp³-hybridized carbons (Fsp3) is 0.115. The van der Waals surface area contributed by atoms with E-state index in [4.69, 9.17) is 33.0 Å². The van der Waals surface area contributed by atoms with Crippen LogP contribution in [0.15, 0.2) is 88.4 Å². The molecule has 2 aliphatic rings. The Morgan fingerprint density at radius 3 is 2.50 bits per heavy atom. The zero-order valence-corrected chi connectivity index (χ0v) is 19.9. The maximum Gasteiger partial charge on any atom is 0.213 e. The van der Waals surface area contributed by atoms with Crippen LogP contribution >= 0.6 is 39.1 Å². The normalized spacial score (nSPS) is 19.3. The average Bonchev–Trinajstić information content (AvgIpc) is 3.25. The van der Waals surface area contributed by atoms with Crippen molar-refractivity contribution >= 4 is 55.6 Å². The third kappa shape index (κ3) is 3.38. The highest BCUT2D eigenvalue weighted by Gasteiger charge is 2.42. The van der Waals surface area contributed by atoms with Gasteiger partial charge in [-0.1, -0.05) is 87.7 Å². The van der Waals surface area contributed by atoms with Gasteiger partial charge in [-0.2, -0.15) is 5.10 Å². The van der Waals surface area contributed by atoms with Crippen molar-refractivity contribution in [3.8, 4) is 5.75 Å². The second kappa shape index (κ2) is 7.80. The van der Waals surface area contributed by atoms with Crippen molar-refractivity contribution in [3.63, 3.8) is 0 Å². The van der Waals surface area contributed by atoms with Crippen molar-refractivity contribution in [3.05, 3.63) is 110 Å². The molecule has 2 aliphatic heterocycles. The van der Waals surface area contributed by atoms with E-state index in [2.05, 4.69) is 58.4 Å². The Morgan fingerprint density at radius 2 is 1.69 bits per heavy atom. The third-order valence-electron chi connectivity index (χ3n) is 6.05. The van der Waals surface area contributed by atoms with Crippen molar-refractivity contribution in [1.29, 1.82) is 0 Å². The zero-order valence-electron chi connectivity index (χ0n) is 16.8. The lowest BCUT2D eigenvalue weighted by atomic mass is 9.95. The van der Waals surface area contributed by atoms with Crippen molar-refractivity contribution in [1.82, 2.24) is 5.01 Å². The molecule has 6 heteroatoms. The molecule has 0 aromatic heterocycles. The predicted molar refractivity (Wildman–Crippen MR) is 134 cm³/mol. The van der Waals surface area contributed by atoms with Crippen LogP contribution in [0.5, 0.6) is 5.75 Å². The summed E-state index contributed by atoms with van der Waals surface area (Å²) in [6.07, 6.45) is 0.371. The van der Waals surface area contributed by atoms with Crippen molar-refractivity contribution in [2.45, 2.75) is 18.7 Å². The van der Waals surface area contributed by atoms with Gasteiger partial charge in [0.05, 0.1) is 16.8 Å². The van der Waals surface area contributed by atoms with Gasteiger partial charge in [0.2, 0.25) is 6.23 Å². The van der Waals surface area contributed by atoms with E-state index in [1.165, 1.54) is 10.8 Å². The monoisotopic (exact) mass is 522 g/mol. The summed E-state index contributed by atoms with van der Waals surface area (Å²) in [5, 5.41) is 10.6. The minimum absolute atomic E-state index is 0.00920. The number of fused-ring (bicyclic) bond motifs is 4. The van der Waals surface area contributed by atoms with Crippen molar-refractivity contribution < 1.29 is 4.74 Å². The summed E-state index contributed by atoms with van der Waals surface area (Å²) in [5.74, 6) is 0.681. The number of nitrogens with zero attached hydrogens (tertiary/aromatic N) is 2. The van der Waals surface area contributed by atoms with Crippen molar-refractivity contribution in [2.75, 3.05) is 0 Å². The number of hydrogen-bond acceptors (Lipinski definition) is 3. The Bertz CT molecular complexity index is 1390. The standard InChI is InChI=1S/C26H17BrCl2N2O/c27-19-9-7-16(8-10-19)26-31-24(21-12-20(28)13-22(29)25(21)32-26)14-23(30-31)18-6-5-15-3-1-2-4-17(15)11-18/h1-13,24,26H,14H2. The molecule has 32 heavy (non-hydrogen) atoms. The van der Waals surface area contributed by atoms with Gasteiger partial charge in [-0.25, -0.2) is 5.01 Å². The summed E-state index contributed by atoms with van der Waals surface area (Å²) in [7, 11) is 0. The SMILES string of the molecule is Clc1cc(Cl)c2c(c1)C1CC(c3ccc4ccccc4c3)=NN1C(c1ccc(Br)cc1)O2. The van der Waals surface area contributed by atoms with Gasteiger partial charge in [-0.05, 0) is 46.7 Å². The van der Waals surface area contributed by atoms with Crippen LogP contribution in [0.2, 0.25) is 10.0 Å². The van der Waals surface area contributed by atoms with Gasteiger partial charge in [0.25, 0.3) is 0 Å². The van der Waals surface area contributed by atoms with Crippen LogP contribution in [-0.4, -0.2) is 10.7 Å². The molecule has 4 aromatic rings. The number of hydrazone groups is 1. The van der Waals surface area contributed by atoms with Crippen LogP contribution in [0.4, 0.5) is 0 Å².